The standard InChI is InChI=1S/C27H29ClN2O7S/c1-5-10-36-26(33)19-13-18(7-8-20(19)28)29-24(31)14-30-25(32)23(38-27(30)34)12-17-6-9-21(22(11-17)35-4)37-15-16(2)3/h6-9,11-13,16H,5,10,14-15H2,1-4H3,(H,29,31)/b23-12-. The van der Waals surface area contributed by atoms with Crippen molar-refractivity contribution in [3.05, 3.63) is 57.5 Å². The number of rotatable bonds is 11. The minimum Gasteiger partial charge on any atom is -0.493 e. The van der Waals surface area contributed by atoms with Crippen LogP contribution in [0.5, 0.6) is 11.5 Å². The van der Waals surface area contributed by atoms with Crippen LogP contribution in [0.2, 0.25) is 5.02 Å². The van der Waals surface area contributed by atoms with Crippen molar-refractivity contribution in [3.63, 3.8) is 0 Å². The second kappa shape index (κ2) is 13.3. The molecule has 9 nitrogen and oxygen atoms in total. The van der Waals surface area contributed by atoms with Crippen LogP contribution in [0.3, 0.4) is 0 Å². The van der Waals surface area contributed by atoms with Crippen LogP contribution in [0.4, 0.5) is 10.5 Å². The molecule has 38 heavy (non-hydrogen) atoms. The highest BCUT2D eigenvalue weighted by Gasteiger charge is 2.36. The van der Waals surface area contributed by atoms with Crippen LogP contribution in [-0.2, 0) is 14.3 Å². The molecule has 2 aromatic rings. The maximum Gasteiger partial charge on any atom is 0.339 e. The summed E-state index contributed by atoms with van der Waals surface area (Å²) in [6.07, 6.45) is 2.21. The fourth-order valence-corrected chi connectivity index (χ4v) is 4.35. The third-order valence-corrected chi connectivity index (χ3v) is 6.38. The van der Waals surface area contributed by atoms with Crippen molar-refractivity contribution in [1.29, 1.82) is 0 Å². The molecule has 1 heterocycles. The smallest absolute Gasteiger partial charge is 0.339 e. The van der Waals surface area contributed by atoms with Crippen LogP contribution < -0.4 is 14.8 Å². The first-order valence-corrected chi connectivity index (χ1v) is 13.1. The van der Waals surface area contributed by atoms with Crippen molar-refractivity contribution in [2.45, 2.75) is 27.2 Å². The number of amides is 3. The highest BCUT2D eigenvalue weighted by molar-refractivity contribution is 8.18. The first-order valence-electron chi connectivity index (χ1n) is 12.0. The summed E-state index contributed by atoms with van der Waals surface area (Å²) in [5.74, 6) is -0.398. The molecule has 0 aromatic heterocycles. The molecule has 2 aromatic carbocycles. The second-order valence-corrected chi connectivity index (χ2v) is 10.2. The van der Waals surface area contributed by atoms with Crippen molar-refractivity contribution >= 4 is 58.1 Å². The molecule has 0 unspecified atom stereocenters. The number of esters is 1. The lowest BCUT2D eigenvalue weighted by molar-refractivity contribution is -0.127. The van der Waals surface area contributed by atoms with Crippen molar-refractivity contribution in [1.82, 2.24) is 4.90 Å². The zero-order chi connectivity index (χ0) is 27.8. The minimum absolute atomic E-state index is 0.100. The van der Waals surface area contributed by atoms with Crippen LogP contribution in [0.25, 0.3) is 6.08 Å². The molecule has 0 aliphatic carbocycles. The molecule has 1 N–H and O–H groups in total. The molecule has 0 spiro atoms. The molecule has 1 saturated heterocycles. The third-order valence-electron chi connectivity index (χ3n) is 5.14. The van der Waals surface area contributed by atoms with Gasteiger partial charge in [-0.1, -0.05) is 38.4 Å². The van der Waals surface area contributed by atoms with Gasteiger partial charge in [0.2, 0.25) is 5.91 Å². The van der Waals surface area contributed by atoms with E-state index in [1.807, 2.05) is 20.8 Å². The fraction of sp³-hybridized carbons (Fsp3) is 0.333. The number of ether oxygens (including phenoxy) is 3. The van der Waals surface area contributed by atoms with Crippen LogP contribution >= 0.6 is 23.4 Å². The van der Waals surface area contributed by atoms with E-state index in [1.165, 1.54) is 25.3 Å². The Morgan fingerprint density at radius 2 is 1.89 bits per heavy atom. The largest absolute Gasteiger partial charge is 0.493 e. The highest BCUT2D eigenvalue weighted by Crippen LogP contribution is 2.34. The van der Waals surface area contributed by atoms with Gasteiger partial charge in [-0.25, -0.2) is 4.79 Å². The van der Waals surface area contributed by atoms with E-state index in [9.17, 15) is 19.2 Å². The predicted molar refractivity (Wildman–Crippen MR) is 147 cm³/mol. The summed E-state index contributed by atoms with van der Waals surface area (Å²) in [5, 5.41) is 2.19. The molecule has 3 amide bonds. The predicted octanol–water partition coefficient (Wildman–Crippen LogP) is 5.63. The van der Waals surface area contributed by atoms with Crippen LogP contribution in [0, 0.1) is 5.92 Å². The SMILES string of the molecule is CCCOC(=O)c1cc(NC(=O)CN2C(=O)S/C(=C\c3ccc(OCC(C)C)c(OC)c3)C2=O)ccc1Cl. The summed E-state index contributed by atoms with van der Waals surface area (Å²) < 4.78 is 16.2. The normalized spacial score (nSPS) is 14.3. The Labute approximate surface area is 230 Å². The van der Waals surface area contributed by atoms with Crippen molar-refractivity contribution in [2.24, 2.45) is 5.92 Å². The maximum atomic E-state index is 12.9. The number of halogens is 1. The molecule has 0 saturated carbocycles. The van der Waals surface area contributed by atoms with E-state index in [0.29, 0.717) is 36.0 Å². The monoisotopic (exact) mass is 560 g/mol. The number of hydrogen-bond donors (Lipinski definition) is 1. The summed E-state index contributed by atoms with van der Waals surface area (Å²) >= 11 is 6.83. The van der Waals surface area contributed by atoms with Gasteiger partial charge in [0, 0.05) is 5.69 Å². The maximum absolute atomic E-state index is 12.9. The summed E-state index contributed by atoms with van der Waals surface area (Å²) in [7, 11) is 1.52. The number of carbonyl (C=O) groups is 4. The van der Waals surface area contributed by atoms with E-state index in [4.69, 9.17) is 25.8 Å². The van der Waals surface area contributed by atoms with Gasteiger partial charge >= 0.3 is 5.97 Å². The Kier molecular flexibility index (Phi) is 10.2. The summed E-state index contributed by atoms with van der Waals surface area (Å²) in [6.45, 7) is 6.20. The topological polar surface area (TPSA) is 111 Å². The molecule has 1 fully saturated rings. The molecule has 1 aliphatic rings. The number of hydrogen-bond acceptors (Lipinski definition) is 8. The van der Waals surface area contributed by atoms with E-state index in [1.54, 1.807) is 24.3 Å². The number of benzene rings is 2. The van der Waals surface area contributed by atoms with Gasteiger partial charge in [0.25, 0.3) is 11.1 Å². The van der Waals surface area contributed by atoms with E-state index in [-0.39, 0.29) is 27.8 Å². The number of nitrogens with zero attached hydrogens (tertiary/aromatic N) is 1. The number of anilines is 1. The summed E-state index contributed by atoms with van der Waals surface area (Å²) in [5.41, 5.74) is 1.01. The Morgan fingerprint density at radius 1 is 1.13 bits per heavy atom. The summed E-state index contributed by atoms with van der Waals surface area (Å²) in [4.78, 5) is 51.3. The number of nitrogens with one attached hydrogen (secondary N) is 1. The van der Waals surface area contributed by atoms with Crippen LogP contribution in [-0.4, -0.2) is 54.8 Å². The summed E-state index contributed by atoms with van der Waals surface area (Å²) in [6, 6.07) is 9.54. The lowest BCUT2D eigenvalue weighted by Crippen LogP contribution is -2.36. The van der Waals surface area contributed by atoms with Gasteiger partial charge < -0.3 is 19.5 Å². The number of methoxy groups -OCH3 is 1. The van der Waals surface area contributed by atoms with Gasteiger partial charge in [0.15, 0.2) is 11.5 Å². The Balaban J connectivity index is 1.68. The van der Waals surface area contributed by atoms with Gasteiger partial charge in [-0.05, 0) is 66.1 Å². The van der Waals surface area contributed by atoms with E-state index in [2.05, 4.69) is 5.32 Å². The molecule has 202 valence electrons. The van der Waals surface area contributed by atoms with E-state index >= 15 is 0 Å². The van der Waals surface area contributed by atoms with Gasteiger partial charge in [0.1, 0.15) is 6.54 Å². The molecular weight excluding hydrogens is 532 g/mol. The first kappa shape index (κ1) is 29.1. The highest BCUT2D eigenvalue weighted by atomic mass is 35.5. The van der Waals surface area contributed by atoms with Crippen molar-refractivity contribution < 1.29 is 33.4 Å². The molecule has 3 rings (SSSR count). The first-order chi connectivity index (χ1) is 18.1. The average molecular weight is 561 g/mol. The Bertz CT molecular complexity index is 1260. The Morgan fingerprint density at radius 3 is 2.58 bits per heavy atom. The third kappa shape index (κ3) is 7.52. The van der Waals surface area contributed by atoms with Crippen LogP contribution in [0.1, 0.15) is 43.1 Å². The number of imide groups is 1. The quantitative estimate of drug-likeness (QED) is 0.278. The number of carbonyl (C=O) groups excluding carboxylic acids is 4. The number of thioether (sulfide) groups is 1. The lowest BCUT2D eigenvalue weighted by atomic mass is 10.1. The van der Waals surface area contributed by atoms with Crippen molar-refractivity contribution in [2.75, 3.05) is 32.2 Å². The Hall–Kier alpha value is -3.50. The molecule has 0 bridgehead atoms. The van der Waals surface area contributed by atoms with E-state index in [0.717, 1.165) is 16.7 Å². The van der Waals surface area contributed by atoms with E-state index < -0.39 is 29.6 Å². The average Bonchev–Trinajstić information content (AvgIpc) is 3.14. The van der Waals surface area contributed by atoms with Gasteiger partial charge in [-0.2, -0.15) is 0 Å². The molecule has 0 radical (unpaired) electrons. The lowest BCUT2D eigenvalue weighted by Gasteiger charge is -2.13. The second-order valence-electron chi connectivity index (χ2n) is 8.76. The molecule has 1 aliphatic heterocycles. The fourth-order valence-electron chi connectivity index (χ4n) is 3.31. The molecular formula is C27H29ClN2O7S. The molecule has 11 heteroatoms. The minimum atomic E-state index is -0.614. The zero-order valence-electron chi connectivity index (χ0n) is 21.5. The van der Waals surface area contributed by atoms with Crippen LogP contribution in [0.15, 0.2) is 41.3 Å². The van der Waals surface area contributed by atoms with Gasteiger partial charge in [0.05, 0.1) is 35.8 Å². The molecule has 0 atom stereocenters. The van der Waals surface area contributed by atoms with Crippen molar-refractivity contribution in [3.8, 4) is 11.5 Å². The zero-order valence-corrected chi connectivity index (χ0v) is 23.1. The van der Waals surface area contributed by atoms with Gasteiger partial charge in [-0.3, -0.25) is 19.3 Å². The van der Waals surface area contributed by atoms with Gasteiger partial charge in [-0.15, -0.1) is 0 Å².